The highest BCUT2D eigenvalue weighted by Gasteiger charge is 2.16. The van der Waals surface area contributed by atoms with Crippen LogP contribution in [0.25, 0.3) is 0 Å². The minimum absolute atomic E-state index is 0.0209. The molecule has 1 aliphatic rings. The lowest BCUT2D eigenvalue weighted by Gasteiger charge is -2.22. The van der Waals surface area contributed by atoms with Crippen molar-refractivity contribution in [2.45, 2.75) is 64.9 Å². The number of ether oxygens (including phenoxy) is 1. The van der Waals surface area contributed by atoms with Gasteiger partial charge < -0.3 is 15.2 Å². The van der Waals surface area contributed by atoms with Gasteiger partial charge in [0.15, 0.2) is 0 Å². The SMILES string of the molecule is CC(C)(CO)CCCNC(=O)COC1CCCCC1. The third-order valence-corrected chi connectivity index (χ3v) is 3.78. The highest BCUT2D eigenvalue weighted by atomic mass is 16.5. The Kier molecular flexibility index (Phi) is 7.39. The van der Waals surface area contributed by atoms with E-state index in [4.69, 9.17) is 9.84 Å². The van der Waals surface area contributed by atoms with Gasteiger partial charge >= 0.3 is 0 Å². The molecule has 0 unspecified atom stereocenters. The van der Waals surface area contributed by atoms with E-state index < -0.39 is 0 Å². The first kappa shape index (κ1) is 16.4. The summed E-state index contributed by atoms with van der Waals surface area (Å²) < 4.78 is 5.61. The van der Waals surface area contributed by atoms with Gasteiger partial charge in [0.25, 0.3) is 0 Å². The van der Waals surface area contributed by atoms with Crippen LogP contribution in [-0.2, 0) is 9.53 Å². The first-order valence-corrected chi connectivity index (χ1v) is 7.53. The average molecular weight is 271 g/mol. The van der Waals surface area contributed by atoms with Crippen LogP contribution in [0.4, 0.5) is 0 Å². The van der Waals surface area contributed by atoms with Crippen LogP contribution in [-0.4, -0.2) is 36.9 Å². The lowest BCUT2D eigenvalue weighted by Crippen LogP contribution is -2.31. The van der Waals surface area contributed by atoms with Crippen molar-refractivity contribution in [1.82, 2.24) is 5.32 Å². The minimum Gasteiger partial charge on any atom is -0.396 e. The fourth-order valence-electron chi connectivity index (χ4n) is 2.35. The third-order valence-electron chi connectivity index (χ3n) is 3.78. The van der Waals surface area contributed by atoms with E-state index in [1.807, 2.05) is 13.8 Å². The number of aliphatic hydroxyl groups is 1. The van der Waals surface area contributed by atoms with E-state index in [0.717, 1.165) is 25.7 Å². The van der Waals surface area contributed by atoms with Crippen LogP contribution in [0.5, 0.6) is 0 Å². The molecule has 1 amide bonds. The molecule has 0 radical (unpaired) electrons. The summed E-state index contributed by atoms with van der Waals surface area (Å²) in [5.41, 5.74) is -0.0523. The number of nitrogens with one attached hydrogen (secondary N) is 1. The highest BCUT2D eigenvalue weighted by Crippen LogP contribution is 2.21. The van der Waals surface area contributed by atoms with E-state index in [9.17, 15) is 4.79 Å². The van der Waals surface area contributed by atoms with Gasteiger partial charge in [-0.3, -0.25) is 4.79 Å². The topological polar surface area (TPSA) is 58.6 Å². The van der Waals surface area contributed by atoms with Gasteiger partial charge in [0.1, 0.15) is 6.61 Å². The van der Waals surface area contributed by atoms with E-state index in [-0.39, 0.29) is 30.6 Å². The molecule has 0 bridgehead atoms. The molecule has 19 heavy (non-hydrogen) atoms. The molecule has 0 heterocycles. The quantitative estimate of drug-likeness (QED) is 0.666. The first-order chi connectivity index (χ1) is 9.03. The van der Waals surface area contributed by atoms with E-state index in [1.54, 1.807) is 0 Å². The van der Waals surface area contributed by atoms with Gasteiger partial charge in [0.2, 0.25) is 5.91 Å². The Hall–Kier alpha value is -0.610. The van der Waals surface area contributed by atoms with Crippen molar-refractivity contribution < 1.29 is 14.6 Å². The monoisotopic (exact) mass is 271 g/mol. The third kappa shape index (κ3) is 7.53. The van der Waals surface area contributed by atoms with Crippen molar-refractivity contribution in [1.29, 1.82) is 0 Å². The van der Waals surface area contributed by atoms with Gasteiger partial charge in [-0.05, 0) is 31.1 Å². The molecule has 0 aromatic heterocycles. The van der Waals surface area contributed by atoms with Crippen molar-refractivity contribution >= 4 is 5.91 Å². The molecule has 0 saturated heterocycles. The highest BCUT2D eigenvalue weighted by molar-refractivity contribution is 5.77. The zero-order valence-corrected chi connectivity index (χ0v) is 12.4. The molecule has 0 aromatic carbocycles. The summed E-state index contributed by atoms with van der Waals surface area (Å²) in [7, 11) is 0. The molecule has 1 fully saturated rings. The Balaban J connectivity index is 2.01. The fourth-order valence-corrected chi connectivity index (χ4v) is 2.35. The van der Waals surface area contributed by atoms with Gasteiger partial charge in [-0.1, -0.05) is 33.1 Å². The van der Waals surface area contributed by atoms with Crippen molar-refractivity contribution in [2.75, 3.05) is 19.8 Å². The average Bonchev–Trinajstić information content (AvgIpc) is 2.42. The van der Waals surface area contributed by atoms with E-state index in [1.165, 1.54) is 19.3 Å². The number of carbonyl (C=O) groups is 1. The molecule has 112 valence electrons. The normalized spacial score (nSPS) is 17.4. The molecule has 1 rings (SSSR count). The Morgan fingerprint density at radius 2 is 2.00 bits per heavy atom. The number of amides is 1. The molecular formula is C15H29NO3. The van der Waals surface area contributed by atoms with Gasteiger partial charge in [-0.2, -0.15) is 0 Å². The molecule has 2 N–H and O–H groups in total. The van der Waals surface area contributed by atoms with E-state index >= 15 is 0 Å². The van der Waals surface area contributed by atoms with Crippen LogP contribution in [0.15, 0.2) is 0 Å². The van der Waals surface area contributed by atoms with Crippen LogP contribution in [0.1, 0.15) is 58.8 Å². The summed E-state index contributed by atoms with van der Waals surface area (Å²) in [6.45, 7) is 5.10. The maximum atomic E-state index is 11.6. The van der Waals surface area contributed by atoms with Crippen LogP contribution in [0.3, 0.4) is 0 Å². The maximum Gasteiger partial charge on any atom is 0.246 e. The Bertz CT molecular complexity index is 260. The standard InChI is InChI=1S/C15H29NO3/c1-15(2,12-17)9-6-10-16-14(18)11-19-13-7-4-3-5-8-13/h13,17H,3-12H2,1-2H3,(H,16,18). The Labute approximate surface area is 116 Å². The summed E-state index contributed by atoms with van der Waals surface area (Å²) in [6.07, 6.45) is 8.02. The minimum atomic E-state index is -0.0523. The first-order valence-electron chi connectivity index (χ1n) is 7.53. The molecule has 4 heteroatoms. The Morgan fingerprint density at radius 1 is 1.32 bits per heavy atom. The van der Waals surface area contributed by atoms with Crippen molar-refractivity contribution in [3.05, 3.63) is 0 Å². The second kappa shape index (κ2) is 8.54. The van der Waals surface area contributed by atoms with Crippen molar-refractivity contribution in [3.63, 3.8) is 0 Å². The lowest BCUT2D eigenvalue weighted by atomic mass is 9.89. The smallest absolute Gasteiger partial charge is 0.246 e. The molecule has 0 aliphatic heterocycles. The molecule has 0 spiro atoms. The molecule has 0 atom stereocenters. The Morgan fingerprint density at radius 3 is 2.63 bits per heavy atom. The second-order valence-corrected chi connectivity index (χ2v) is 6.35. The van der Waals surface area contributed by atoms with Gasteiger partial charge in [0, 0.05) is 13.2 Å². The molecular weight excluding hydrogens is 242 g/mol. The van der Waals surface area contributed by atoms with E-state index in [2.05, 4.69) is 5.32 Å². The summed E-state index contributed by atoms with van der Waals surface area (Å²) in [5.74, 6) is -0.0209. The second-order valence-electron chi connectivity index (χ2n) is 6.35. The molecule has 4 nitrogen and oxygen atoms in total. The van der Waals surface area contributed by atoms with Crippen LogP contribution < -0.4 is 5.32 Å². The van der Waals surface area contributed by atoms with Gasteiger partial charge in [-0.15, -0.1) is 0 Å². The number of carbonyl (C=O) groups excluding carboxylic acids is 1. The predicted octanol–water partition coefficient (Wildman–Crippen LogP) is 2.25. The summed E-state index contributed by atoms with van der Waals surface area (Å²) in [5, 5.41) is 12.0. The number of hydrogen-bond donors (Lipinski definition) is 2. The van der Waals surface area contributed by atoms with Gasteiger partial charge in [0.05, 0.1) is 6.10 Å². The van der Waals surface area contributed by atoms with E-state index in [0.29, 0.717) is 6.54 Å². The van der Waals surface area contributed by atoms with Crippen molar-refractivity contribution in [3.8, 4) is 0 Å². The molecule has 0 aromatic rings. The molecule has 1 aliphatic carbocycles. The van der Waals surface area contributed by atoms with Crippen LogP contribution in [0.2, 0.25) is 0 Å². The zero-order valence-electron chi connectivity index (χ0n) is 12.4. The summed E-state index contributed by atoms with van der Waals surface area (Å²) in [4.78, 5) is 11.6. The number of aliphatic hydroxyl groups excluding tert-OH is 1. The number of hydrogen-bond acceptors (Lipinski definition) is 3. The maximum absolute atomic E-state index is 11.6. The van der Waals surface area contributed by atoms with Crippen LogP contribution in [0, 0.1) is 5.41 Å². The summed E-state index contributed by atoms with van der Waals surface area (Å²) in [6, 6.07) is 0. The zero-order chi connectivity index (χ0) is 14.1. The summed E-state index contributed by atoms with van der Waals surface area (Å²) >= 11 is 0. The fraction of sp³-hybridized carbons (Fsp3) is 0.933. The largest absolute Gasteiger partial charge is 0.396 e. The molecule has 1 saturated carbocycles. The lowest BCUT2D eigenvalue weighted by molar-refractivity contribution is -0.128. The predicted molar refractivity (Wildman–Crippen MR) is 75.9 cm³/mol. The van der Waals surface area contributed by atoms with Crippen LogP contribution >= 0.6 is 0 Å². The van der Waals surface area contributed by atoms with Crippen molar-refractivity contribution in [2.24, 2.45) is 5.41 Å². The number of rotatable bonds is 8. The van der Waals surface area contributed by atoms with Gasteiger partial charge in [-0.25, -0.2) is 0 Å².